The number of piperazine rings is 1. The molecule has 3 rings (SSSR count). The molecule has 3 heterocycles. The summed E-state index contributed by atoms with van der Waals surface area (Å²) in [6.07, 6.45) is 3.61. The molecule has 2 fully saturated rings. The van der Waals surface area contributed by atoms with E-state index < -0.39 is 0 Å². The van der Waals surface area contributed by atoms with Crippen LogP contribution in [0, 0.1) is 23.2 Å². The third-order valence-electron chi connectivity index (χ3n) is 5.14. The number of ether oxygens (including phenoxy) is 1. The summed E-state index contributed by atoms with van der Waals surface area (Å²) < 4.78 is 5.88. The fourth-order valence-electron chi connectivity index (χ4n) is 3.83. The Labute approximate surface area is 149 Å². The minimum absolute atomic E-state index is 0.0233. The van der Waals surface area contributed by atoms with Crippen molar-refractivity contribution < 1.29 is 9.53 Å². The molecule has 0 saturated carbocycles. The molecule has 0 unspecified atom stereocenters. The lowest BCUT2D eigenvalue weighted by Gasteiger charge is -2.40. The van der Waals surface area contributed by atoms with Crippen LogP contribution in [-0.4, -0.2) is 54.7 Å². The summed E-state index contributed by atoms with van der Waals surface area (Å²) in [5.41, 5.74) is 0.586. The fraction of sp³-hybridized carbons (Fsp3) is 0.632. The summed E-state index contributed by atoms with van der Waals surface area (Å²) in [5, 5.41) is 9.25. The van der Waals surface area contributed by atoms with Crippen molar-refractivity contribution in [1.82, 2.24) is 9.88 Å². The maximum Gasteiger partial charge on any atom is 0.228 e. The van der Waals surface area contributed by atoms with Gasteiger partial charge in [0, 0.05) is 39.0 Å². The monoisotopic (exact) mass is 342 g/mol. The second-order valence-electron chi connectivity index (χ2n) is 7.13. The Morgan fingerprint density at radius 1 is 1.36 bits per heavy atom. The van der Waals surface area contributed by atoms with Crippen LogP contribution in [0.5, 0.6) is 0 Å². The van der Waals surface area contributed by atoms with Gasteiger partial charge in [-0.15, -0.1) is 0 Å². The van der Waals surface area contributed by atoms with Crippen LogP contribution in [-0.2, 0) is 9.53 Å². The fourth-order valence-corrected chi connectivity index (χ4v) is 3.83. The Kier molecular flexibility index (Phi) is 5.54. The summed E-state index contributed by atoms with van der Waals surface area (Å²) in [7, 11) is 0. The van der Waals surface area contributed by atoms with Crippen molar-refractivity contribution in [3.8, 4) is 6.07 Å². The number of nitriles is 1. The second kappa shape index (κ2) is 7.83. The largest absolute Gasteiger partial charge is 0.377 e. The van der Waals surface area contributed by atoms with Gasteiger partial charge in [0.1, 0.15) is 11.9 Å². The average molecular weight is 342 g/mol. The smallest absolute Gasteiger partial charge is 0.228 e. The van der Waals surface area contributed by atoms with Crippen molar-refractivity contribution >= 4 is 11.7 Å². The molecule has 134 valence electrons. The number of pyridine rings is 1. The molecular formula is C19H26N4O2. The first-order valence-electron chi connectivity index (χ1n) is 9.12. The normalized spacial score (nSPS) is 24.2. The molecule has 1 amide bonds. The van der Waals surface area contributed by atoms with E-state index >= 15 is 0 Å². The molecular weight excluding hydrogens is 316 g/mol. The van der Waals surface area contributed by atoms with Crippen LogP contribution < -0.4 is 4.90 Å². The van der Waals surface area contributed by atoms with Crippen molar-refractivity contribution in [2.24, 2.45) is 11.8 Å². The van der Waals surface area contributed by atoms with Crippen LogP contribution in [0.2, 0.25) is 0 Å². The lowest BCUT2D eigenvalue weighted by molar-refractivity contribution is -0.148. The van der Waals surface area contributed by atoms with Gasteiger partial charge in [-0.25, -0.2) is 4.98 Å². The number of carbonyl (C=O) groups is 1. The van der Waals surface area contributed by atoms with Gasteiger partial charge in [0.15, 0.2) is 0 Å². The second-order valence-corrected chi connectivity index (χ2v) is 7.13. The van der Waals surface area contributed by atoms with Crippen molar-refractivity contribution in [1.29, 1.82) is 5.26 Å². The lowest BCUT2D eigenvalue weighted by atomic mass is 9.86. The minimum atomic E-state index is -0.0233. The first kappa shape index (κ1) is 17.7. The zero-order valence-electron chi connectivity index (χ0n) is 15.0. The molecule has 0 N–H and O–H groups in total. The molecule has 6 heteroatoms. The van der Waals surface area contributed by atoms with E-state index in [4.69, 9.17) is 4.74 Å². The molecule has 0 radical (unpaired) electrons. The summed E-state index contributed by atoms with van der Waals surface area (Å²) in [5.74, 6) is 1.27. The van der Waals surface area contributed by atoms with Crippen molar-refractivity contribution in [2.45, 2.75) is 32.8 Å². The van der Waals surface area contributed by atoms with Gasteiger partial charge >= 0.3 is 0 Å². The van der Waals surface area contributed by atoms with E-state index in [9.17, 15) is 10.1 Å². The summed E-state index contributed by atoms with van der Waals surface area (Å²) >= 11 is 0. The van der Waals surface area contributed by atoms with E-state index in [1.807, 2.05) is 4.90 Å². The molecule has 0 aliphatic carbocycles. The van der Waals surface area contributed by atoms with Gasteiger partial charge < -0.3 is 14.5 Å². The molecule has 2 aliphatic heterocycles. The molecule has 2 atom stereocenters. The third kappa shape index (κ3) is 3.77. The lowest BCUT2D eigenvalue weighted by Crippen LogP contribution is -2.53. The molecule has 0 spiro atoms. The van der Waals surface area contributed by atoms with E-state index in [1.165, 1.54) is 0 Å². The standard InChI is InChI=1S/C19H26N4O2/c1-14(2)17-16(6-4-12-25-17)19(24)23-10-8-22(9-11-23)18-15(13-20)5-3-7-21-18/h3,5,7,14,16-17H,4,6,8-12H2,1-2H3/t16-,17-/m1/s1. The topological polar surface area (TPSA) is 69.5 Å². The van der Waals surface area contributed by atoms with Gasteiger partial charge in [-0.05, 0) is 30.9 Å². The van der Waals surface area contributed by atoms with Gasteiger partial charge in [0.2, 0.25) is 5.91 Å². The van der Waals surface area contributed by atoms with E-state index in [-0.39, 0.29) is 17.9 Å². The number of nitrogens with zero attached hydrogens (tertiary/aromatic N) is 4. The number of rotatable bonds is 3. The highest BCUT2D eigenvalue weighted by Gasteiger charge is 2.37. The van der Waals surface area contributed by atoms with Gasteiger partial charge in [-0.3, -0.25) is 4.79 Å². The predicted molar refractivity (Wildman–Crippen MR) is 95.0 cm³/mol. The first-order valence-corrected chi connectivity index (χ1v) is 9.12. The van der Waals surface area contributed by atoms with Crippen LogP contribution in [0.15, 0.2) is 18.3 Å². The summed E-state index contributed by atoms with van der Waals surface area (Å²) in [4.78, 5) is 21.4. The Balaban J connectivity index is 1.64. The van der Waals surface area contributed by atoms with Gasteiger partial charge in [-0.2, -0.15) is 5.26 Å². The highest BCUT2D eigenvalue weighted by molar-refractivity contribution is 5.80. The molecule has 2 saturated heterocycles. The maximum absolute atomic E-state index is 13.0. The van der Waals surface area contributed by atoms with E-state index in [0.29, 0.717) is 37.7 Å². The van der Waals surface area contributed by atoms with Crippen LogP contribution >= 0.6 is 0 Å². The Bertz CT molecular complexity index is 647. The Morgan fingerprint density at radius 3 is 2.80 bits per heavy atom. The highest BCUT2D eigenvalue weighted by atomic mass is 16.5. The number of carbonyl (C=O) groups excluding carboxylic acids is 1. The molecule has 0 bridgehead atoms. The minimum Gasteiger partial charge on any atom is -0.377 e. The molecule has 0 aromatic carbocycles. The molecule has 1 aromatic heterocycles. The van der Waals surface area contributed by atoms with Crippen LogP contribution in [0.25, 0.3) is 0 Å². The molecule has 6 nitrogen and oxygen atoms in total. The van der Waals surface area contributed by atoms with Crippen molar-refractivity contribution in [3.05, 3.63) is 23.9 Å². The number of hydrogen-bond acceptors (Lipinski definition) is 5. The SMILES string of the molecule is CC(C)[C@H]1OCCC[C@H]1C(=O)N1CCN(c2ncccc2C#N)CC1. The van der Waals surface area contributed by atoms with E-state index in [0.717, 1.165) is 25.3 Å². The quantitative estimate of drug-likeness (QED) is 0.841. The Morgan fingerprint density at radius 2 is 2.12 bits per heavy atom. The zero-order chi connectivity index (χ0) is 17.8. The van der Waals surface area contributed by atoms with E-state index in [1.54, 1.807) is 18.3 Å². The van der Waals surface area contributed by atoms with Gasteiger partial charge in [0.25, 0.3) is 0 Å². The molecule has 2 aliphatic rings. The molecule has 1 aromatic rings. The zero-order valence-corrected chi connectivity index (χ0v) is 15.0. The number of aromatic nitrogens is 1. The van der Waals surface area contributed by atoms with Gasteiger partial charge in [0.05, 0.1) is 17.6 Å². The first-order chi connectivity index (χ1) is 12.1. The van der Waals surface area contributed by atoms with Crippen molar-refractivity contribution in [2.75, 3.05) is 37.7 Å². The van der Waals surface area contributed by atoms with Crippen LogP contribution in [0.3, 0.4) is 0 Å². The van der Waals surface area contributed by atoms with Crippen LogP contribution in [0.4, 0.5) is 5.82 Å². The number of hydrogen-bond donors (Lipinski definition) is 0. The highest BCUT2D eigenvalue weighted by Crippen LogP contribution is 2.28. The summed E-state index contributed by atoms with van der Waals surface area (Å²) in [6.45, 7) is 7.76. The maximum atomic E-state index is 13.0. The van der Waals surface area contributed by atoms with Crippen LogP contribution in [0.1, 0.15) is 32.3 Å². The third-order valence-corrected chi connectivity index (χ3v) is 5.14. The number of amides is 1. The molecule has 25 heavy (non-hydrogen) atoms. The summed E-state index contributed by atoms with van der Waals surface area (Å²) in [6, 6.07) is 5.75. The van der Waals surface area contributed by atoms with Gasteiger partial charge in [-0.1, -0.05) is 13.8 Å². The van der Waals surface area contributed by atoms with Crippen molar-refractivity contribution in [3.63, 3.8) is 0 Å². The van der Waals surface area contributed by atoms with E-state index in [2.05, 4.69) is 29.8 Å². The Hall–Kier alpha value is -2.13. The average Bonchev–Trinajstić information content (AvgIpc) is 2.67. The number of anilines is 1. The predicted octanol–water partition coefficient (Wildman–Crippen LogP) is 2.05.